The molecule has 1 heterocycles. The first-order valence-corrected chi connectivity index (χ1v) is 10.3. The molecule has 7 nitrogen and oxygen atoms in total. The van der Waals surface area contributed by atoms with E-state index in [1.54, 1.807) is 7.05 Å². The molecular formula is C20H35N5O2. The van der Waals surface area contributed by atoms with Gasteiger partial charge in [0.05, 0.1) is 12.6 Å². The van der Waals surface area contributed by atoms with Crippen molar-refractivity contribution >= 4 is 5.96 Å². The fourth-order valence-corrected chi connectivity index (χ4v) is 4.42. The van der Waals surface area contributed by atoms with Crippen LogP contribution in [0.5, 0.6) is 0 Å². The fraction of sp³-hybridized carbons (Fsp3) is 0.850. The molecule has 0 aliphatic heterocycles. The number of guanidine groups is 1. The normalized spacial score (nSPS) is 25.3. The summed E-state index contributed by atoms with van der Waals surface area (Å²) in [6.45, 7) is 9.57. The predicted octanol–water partition coefficient (Wildman–Crippen LogP) is 3.16. The van der Waals surface area contributed by atoms with E-state index in [0.717, 1.165) is 19.0 Å². The van der Waals surface area contributed by atoms with Gasteiger partial charge >= 0.3 is 0 Å². The van der Waals surface area contributed by atoms with Gasteiger partial charge in [0.25, 0.3) is 0 Å². The molecular weight excluding hydrogens is 342 g/mol. The molecule has 2 saturated carbocycles. The first-order valence-electron chi connectivity index (χ1n) is 10.3. The van der Waals surface area contributed by atoms with Crippen LogP contribution in [0.3, 0.4) is 0 Å². The minimum atomic E-state index is -0.140. The van der Waals surface area contributed by atoms with Gasteiger partial charge in [-0.1, -0.05) is 45.2 Å². The highest BCUT2D eigenvalue weighted by Crippen LogP contribution is 2.53. The number of rotatable bonds is 5. The highest BCUT2D eigenvalue weighted by molar-refractivity contribution is 5.80. The largest absolute Gasteiger partial charge is 0.378 e. The molecule has 2 aliphatic carbocycles. The second kappa shape index (κ2) is 8.17. The molecule has 2 N–H and O–H groups in total. The van der Waals surface area contributed by atoms with Gasteiger partial charge in [-0.05, 0) is 26.2 Å². The van der Waals surface area contributed by atoms with E-state index in [9.17, 15) is 0 Å². The van der Waals surface area contributed by atoms with Crippen molar-refractivity contribution in [3.05, 3.63) is 11.7 Å². The van der Waals surface area contributed by atoms with Gasteiger partial charge in [-0.3, -0.25) is 4.99 Å². The van der Waals surface area contributed by atoms with E-state index in [1.807, 2.05) is 0 Å². The van der Waals surface area contributed by atoms with Gasteiger partial charge in [-0.15, -0.1) is 0 Å². The van der Waals surface area contributed by atoms with Crippen LogP contribution in [0.2, 0.25) is 0 Å². The van der Waals surface area contributed by atoms with Gasteiger partial charge in [0, 0.05) is 30.5 Å². The average molecular weight is 378 g/mol. The number of nitrogens with zero attached hydrogens (tertiary/aromatic N) is 3. The zero-order chi connectivity index (χ0) is 19.5. The van der Waals surface area contributed by atoms with Crippen molar-refractivity contribution in [2.45, 2.75) is 90.3 Å². The van der Waals surface area contributed by atoms with Crippen molar-refractivity contribution < 1.29 is 9.26 Å². The van der Waals surface area contributed by atoms with Crippen LogP contribution in [-0.2, 0) is 16.7 Å². The van der Waals surface area contributed by atoms with Crippen molar-refractivity contribution in [3.63, 3.8) is 0 Å². The van der Waals surface area contributed by atoms with Gasteiger partial charge in [0.2, 0.25) is 5.89 Å². The first-order chi connectivity index (χ1) is 12.9. The highest BCUT2D eigenvalue weighted by atomic mass is 16.5. The third-order valence-electron chi connectivity index (χ3n) is 6.00. The summed E-state index contributed by atoms with van der Waals surface area (Å²) in [4.78, 5) is 8.87. The van der Waals surface area contributed by atoms with Crippen LogP contribution in [-0.4, -0.2) is 41.9 Å². The van der Waals surface area contributed by atoms with Crippen LogP contribution in [0, 0.1) is 5.41 Å². The van der Waals surface area contributed by atoms with Gasteiger partial charge in [-0.2, -0.15) is 4.98 Å². The Labute approximate surface area is 162 Å². The molecule has 7 heteroatoms. The second-order valence-corrected chi connectivity index (χ2v) is 8.86. The van der Waals surface area contributed by atoms with Crippen molar-refractivity contribution in [1.29, 1.82) is 0 Å². The molecule has 2 fully saturated rings. The predicted molar refractivity (Wildman–Crippen MR) is 106 cm³/mol. The summed E-state index contributed by atoms with van der Waals surface area (Å²) in [5, 5.41) is 11.0. The zero-order valence-electron chi connectivity index (χ0n) is 17.5. The van der Waals surface area contributed by atoms with E-state index in [-0.39, 0.29) is 10.8 Å². The van der Waals surface area contributed by atoms with Gasteiger partial charge in [0.15, 0.2) is 11.8 Å². The third-order valence-corrected chi connectivity index (χ3v) is 6.00. The SMILES string of the molecule is CCOC1CC(NC(=NC)NCc2noc(C(C)(C)C)n2)C12CCCCC2. The Morgan fingerprint density at radius 2 is 2.04 bits per heavy atom. The summed E-state index contributed by atoms with van der Waals surface area (Å²) in [6, 6.07) is 0.413. The summed E-state index contributed by atoms with van der Waals surface area (Å²) >= 11 is 0. The van der Waals surface area contributed by atoms with Crippen molar-refractivity contribution in [2.24, 2.45) is 10.4 Å². The fourth-order valence-electron chi connectivity index (χ4n) is 4.42. The van der Waals surface area contributed by atoms with Crippen LogP contribution in [0.1, 0.15) is 77.9 Å². The maximum Gasteiger partial charge on any atom is 0.232 e. The lowest BCUT2D eigenvalue weighted by Gasteiger charge is -2.57. The molecule has 0 radical (unpaired) electrons. The summed E-state index contributed by atoms with van der Waals surface area (Å²) in [5.41, 5.74) is 0.121. The van der Waals surface area contributed by atoms with Crippen LogP contribution < -0.4 is 10.6 Å². The highest BCUT2D eigenvalue weighted by Gasteiger charge is 2.55. The Kier molecular flexibility index (Phi) is 6.08. The monoisotopic (exact) mass is 377 g/mol. The second-order valence-electron chi connectivity index (χ2n) is 8.86. The minimum Gasteiger partial charge on any atom is -0.378 e. The Morgan fingerprint density at radius 1 is 1.30 bits per heavy atom. The molecule has 0 saturated heterocycles. The maximum atomic E-state index is 6.05. The standard InChI is InChI=1S/C20H35N5O2/c1-6-26-15-12-14(20(15)10-8-7-9-11-20)23-18(21-5)22-13-16-24-17(27-25-16)19(2,3)4/h14-15H,6-13H2,1-5H3,(H2,21,22,23). The summed E-state index contributed by atoms with van der Waals surface area (Å²) in [5.74, 6) is 2.10. The molecule has 1 aromatic rings. The van der Waals surface area contributed by atoms with Gasteiger partial charge < -0.3 is 19.9 Å². The van der Waals surface area contributed by atoms with Crippen LogP contribution >= 0.6 is 0 Å². The van der Waals surface area contributed by atoms with Crippen molar-refractivity contribution in [1.82, 2.24) is 20.8 Å². The Hall–Kier alpha value is -1.63. The quantitative estimate of drug-likeness (QED) is 0.606. The number of aromatic nitrogens is 2. The lowest BCUT2D eigenvalue weighted by molar-refractivity contribution is -0.145. The molecule has 2 atom stereocenters. The van der Waals surface area contributed by atoms with E-state index in [2.05, 4.69) is 53.5 Å². The summed E-state index contributed by atoms with van der Waals surface area (Å²) in [6.07, 6.45) is 7.85. The lowest BCUT2D eigenvalue weighted by Crippen LogP contribution is -2.66. The number of hydrogen-bond donors (Lipinski definition) is 2. The Morgan fingerprint density at radius 3 is 2.63 bits per heavy atom. The van der Waals surface area contributed by atoms with Crippen LogP contribution in [0.15, 0.2) is 9.52 Å². The van der Waals surface area contributed by atoms with E-state index in [1.165, 1.54) is 32.1 Å². The first kappa shape index (κ1) is 20.1. The molecule has 2 unspecified atom stereocenters. The maximum absolute atomic E-state index is 6.05. The smallest absolute Gasteiger partial charge is 0.232 e. The topological polar surface area (TPSA) is 84.6 Å². The molecule has 0 bridgehead atoms. The Balaban J connectivity index is 1.58. The molecule has 27 heavy (non-hydrogen) atoms. The van der Waals surface area contributed by atoms with Crippen molar-refractivity contribution in [3.8, 4) is 0 Å². The average Bonchev–Trinajstić information content (AvgIpc) is 3.13. The summed E-state index contributed by atoms with van der Waals surface area (Å²) in [7, 11) is 1.80. The number of hydrogen-bond acceptors (Lipinski definition) is 5. The lowest BCUT2D eigenvalue weighted by atomic mass is 9.55. The van der Waals surface area contributed by atoms with Crippen LogP contribution in [0.25, 0.3) is 0 Å². The molecule has 152 valence electrons. The van der Waals surface area contributed by atoms with E-state index in [0.29, 0.717) is 30.4 Å². The molecule has 0 aromatic carbocycles. The van der Waals surface area contributed by atoms with Crippen molar-refractivity contribution in [2.75, 3.05) is 13.7 Å². The summed E-state index contributed by atoms with van der Waals surface area (Å²) < 4.78 is 11.4. The molecule has 1 aromatic heterocycles. The minimum absolute atomic E-state index is 0.140. The molecule has 2 aliphatic rings. The van der Waals surface area contributed by atoms with E-state index < -0.39 is 0 Å². The van der Waals surface area contributed by atoms with E-state index in [4.69, 9.17) is 9.26 Å². The Bertz CT molecular complexity index is 643. The molecule has 3 rings (SSSR count). The molecule has 0 amide bonds. The van der Waals surface area contributed by atoms with Crippen LogP contribution in [0.4, 0.5) is 0 Å². The number of ether oxygens (including phenoxy) is 1. The zero-order valence-corrected chi connectivity index (χ0v) is 17.5. The number of nitrogens with one attached hydrogen (secondary N) is 2. The molecule has 1 spiro atoms. The third kappa shape index (κ3) is 4.28. The van der Waals surface area contributed by atoms with E-state index >= 15 is 0 Å². The van der Waals surface area contributed by atoms with Gasteiger partial charge in [0.1, 0.15) is 0 Å². The van der Waals surface area contributed by atoms with Gasteiger partial charge in [-0.25, -0.2) is 0 Å². The number of aliphatic imine (C=N–C) groups is 1.